The van der Waals surface area contributed by atoms with Gasteiger partial charge < -0.3 is 15.5 Å². The zero-order valence-corrected chi connectivity index (χ0v) is 14.7. The molecular formula is C18H20ClFN4O. The minimum absolute atomic E-state index is 0.123. The van der Waals surface area contributed by atoms with Crippen LogP contribution in [0.15, 0.2) is 36.5 Å². The van der Waals surface area contributed by atoms with E-state index in [4.69, 9.17) is 11.6 Å². The van der Waals surface area contributed by atoms with Gasteiger partial charge in [0.15, 0.2) is 0 Å². The number of halogens is 2. The van der Waals surface area contributed by atoms with E-state index in [9.17, 15) is 9.18 Å². The number of carbonyl (C=O) groups excluding carboxylic acids is 1. The first kappa shape index (κ1) is 17.5. The summed E-state index contributed by atoms with van der Waals surface area (Å²) in [5.41, 5.74) is 1.46. The molecule has 2 aromatic rings. The van der Waals surface area contributed by atoms with Gasteiger partial charge in [-0.1, -0.05) is 11.6 Å². The Hall–Kier alpha value is -2.34. The number of pyridine rings is 1. The molecule has 132 valence electrons. The molecule has 2 heterocycles. The third-order valence-electron chi connectivity index (χ3n) is 4.17. The highest BCUT2D eigenvalue weighted by atomic mass is 35.5. The van der Waals surface area contributed by atoms with Crippen molar-refractivity contribution in [2.45, 2.75) is 19.4 Å². The van der Waals surface area contributed by atoms with Crippen molar-refractivity contribution in [2.75, 3.05) is 29.9 Å². The molecule has 25 heavy (non-hydrogen) atoms. The molecule has 0 spiro atoms. The number of hydrogen-bond donors (Lipinski definition) is 2. The van der Waals surface area contributed by atoms with Crippen LogP contribution in [0.1, 0.15) is 23.7 Å². The summed E-state index contributed by atoms with van der Waals surface area (Å²) in [6.07, 6.45) is 2.51. The molecule has 1 aromatic carbocycles. The molecule has 1 fully saturated rings. The number of hydrogen-bond acceptors (Lipinski definition) is 4. The van der Waals surface area contributed by atoms with Gasteiger partial charge in [0, 0.05) is 37.6 Å². The number of aromatic nitrogens is 1. The van der Waals surface area contributed by atoms with Crippen molar-refractivity contribution in [3.8, 4) is 0 Å². The van der Waals surface area contributed by atoms with Crippen LogP contribution >= 0.6 is 11.6 Å². The van der Waals surface area contributed by atoms with E-state index in [1.54, 1.807) is 24.4 Å². The first-order valence-corrected chi connectivity index (χ1v) is 8.65. The Balaban J connectivity index is 1.59. The van der Waals surface area contributed by atoms with Crippen LogP contribution < -0.4 is 15.5 Å². The molecule has 1 unspecified atom stereocenters. The molecule has 5 nitrogen and oxygen atoms in total. The van der Waals surface area contributed by atoms with Crippen LogP contribution in [0.2, 0.25) is 5.02 Å². The molecule has 0 saturated carbocycles. The average molecular weight is 363 g/mol. The molecule has 2 N–H and O–H groups in total. The predicted molar refractivity (Wildman–Crippen MR) is 97.9 cm³/mol. The van der Waals surface area contributed by atoms with Crippen LogP contribution in [-0.4, -0.2) is 36.6 Å². The maximum absolute atomic E-state index is 13.3. The van der Waals surface area contributed by atoms with Gasteiger partial charge in [-0.3, -0.25) is 4.79 Å². The third-order valence-corrected chi connectivity index (χ3v) is 4.46. The van der Waals surface area contributed by atoms with Gasteiger partial charge in [0.25, 0.3) is 5.91 Å². The molecule has 1 aliphatic rings. The molecule has 1 aliphatic heterocycles. The Morgan fingerprint density at radius 1 is 1.40 bits per heavy atom. The Kier molecular flexibility index (Phi) is 5.38. The molecule has 7 heteroatoms. The van der Waals surface area contributed by atoms with Crippen molar-refractivity contribution in [2.24, 2.45) is 0 Å². The van der Waals surface area contributed by atoms with Crippen molar-refractivity contribution in [3.63, 3.8) is 0 Å². The van der Waals surface area contributed by atoms with Gasteiger partial charge in [0.1, 0.15) is 11.6 Å². The molecule has 0 aliphatic carbocycles. The maximum Gasteiger partial charge on any atom is 0.252 e. The second-order valence-electron chi connectivity index (χ2n) is 5.97. The second kappa shape index (κ2) is 7.70. The summed E-state index contributed by atoms with van der Waals surface area (Å²) in [6, 6.07) is 8.57. The van der Waals surface area contributed by atoms with E-state index in [0.717, 1.165) is 31.0 Å². The third kappa shape index (κ3) is 4.20. The van der Waals surface area contributed by atoms with Crippen molar-refractivity contribution >= 4 is 29.0 Å². The monoisotopic (exact) mass is 362 g/mol. The fourth-order valence-corrected chi connectivity index (χ4v) is 3.05. The number of rotatable bonds is 5. The molecule has 1 amide bonds. The highest BCUT2D eigenvalue weighted by molar-refractivity contribution is 6.31. The standard InChI is InChI=1S/C18H20ClFN4O/c1-2-21-18(25)12-3-6-17(22-10-12)23-13-7-8-24(11-13)14-4-5-16(20)15(19)9-14/h3-6,9-10,13H,2,7-8,11H2,1H3,(H,21,25)(H,22,23). The largest absolute Gasteiger partial charge is 0.369 e. The van der Waals surface area contributed by atoms with Crippen LogP contribution in [0.3, 0.4) is 0 Å². The van der Waals surface area contributed by atoms with Gasteiger partial charge >= 0.3 is 0 Å². The fraction of sp³-hybridized carbons (Fsp3) is 0.333. The highest BCUT2D eigenvalue weighted by Gasteiger charge is 2.23. The van der Waals surface area contributed by atoms with Crippen LogP contribution in [0, 0.1) is 5.82 Å². The summed E-state index contributed by atoms with van der Waals surface area (Å²) in [6.45, 7) is 4.10. The number of amides is 1. The lowest BCUT2D eigenvalue weighted by Crippen LogP contribution is -2.26. The summed E-state index contributed by atoms with van der Waals surface area (Å²) < 4.78 is 13.3. The van der Waals surface area contributed by atoms with E-state index < -0.39 is 5.82 Å². The van der Waals surface area contributed by atoms with Crippen molar-refractivity contribution in [1.82, 2.24) is 10.3 Å². The van der Waals surface area contributed by atoms with Gasteiger partial charge in [-0.2, -0.15) is 0 Å². The molecule has 1 saturated heterocycles. The Morgan fingerprint density at radius 2 is 2.24 bits per heavy atom. The van der Waals surface area contributed by atoms with Gasteiger partial charge in [-0.05, 0) is 43.7 Å². The van der Waals surface area contributed by atoms with Crippen LogP contribution in [0.25, 0.3) is 0 Å². The Bertz CT molecular complexity index is 753. The van der Waals surface area contributed by atoms with E-state index in [1.165, 1.54) is 6.07 Å². The molecule has 1 atom stereocenters. The smallest absolute Gasteiger partial charge is 0.252 e. The van der Waals surface area contributed by atoms with E-state index in [1.807, 2.05) is 13.0 Å². The maximum atomic E-state index is 13.3. The number of nitrogens with zero attached hydrogens (tertiary/aromatic N) is 2. The summed E-state index contributed by atoms with van der Waals surface area (Å²) in [5, 5.41) is 6.25. The molecular weight excluding hydrogens is 343 g/mol. The first-order chi connectivity index (χ1) is 12.1. The van der Waals surface area contributed by atoms with Gasteiger partial charge in [-0.25, -0.2) is 9.37 Å². The summed E-state index contributed by atoms with van der Waals surface area (Å²) in [7, 11) is 0. The molecule has 0 radical (unpaired) electrons. The van der Waals surface area contributed by atoms with Crippen LogP contribution in [0.4, 0.5) is 15.9 Å². The van der Waals surface area contributed by atoms with E-state index >= 15 is 0 Å². The lowest BCUT2D eigenvalue weighted by Gasteiger charge is -2.19. The zero-order valence-electron chi connectivity index (χ0n) is 13.9. The quantitative estimate of drug-likeness (QED) is 0.856. The second-order valence-corrected chi connectivity index (χ2v) is 6.37. The van der Waals surface area contributed by atoms with Gasteiger partial charge in [-0.15, -0.1) is 0 Å². The fourth-order valence-electron chi connectivity index (χ4n) is 2.88. The molecule has 0 bridgehead atoms. The molecule has 3 rings (SSSR count). The Morgan fingerprint density at radius 3 is 2.92 bits per heavy atom. The predicted octanol–water partition coefficient (Wildman–Crippen LogP) is 3.31. The van der Waals surface area contributed by atoms with Crippen molar-refractivity contribution in [1.29, 1.82) is 0 Å². The average Bonchev–Trinajstić information content (AvgIpc) is 3.07. The first-order valence-electron chi connectivity index (χ1n) is 8.27. The number of benzene rings is 1. The topological polar surface area (TPSA) is 57.3 Å². The van der Waals surface area contributed by atoms with E-state index in [2.05, 4.69) is 20.5 Å². The lowest BCUT2D eigenvalue weighted by molar-refractivity contribution is 0.0955. The van der Waals surface area contributed by atoms with Gasteiger partial charge in [0.05, 0.1) is 10.6 Å². The number of anilines is 2. The molecule has 1 aromatic heterocycles. The van der Waals surface area contributed by atoms with Crippen LogP contribution in [-0.2, 0) is 0 Å². The normalized spacial score (nSPS) is 16.8. The Labute approximate surface area is 151 Å². The minimum Gasteiger partial charge on any atom is -0.369 e. The van der Waals surface area contributed by atoms with Gasteiger partial charge in [0.2, 0.25) is 0 Å². The van der Waals surface area contributed by atoms with Crippen molar-refractivity contribution in [3.05, 3.63) is 52.9 Å². The number of carbonyl (C=O) groups is 1. The summed E-state index contributed by atoms with van der Waals surface area (Å²) >= 11 is 5.86. The summed E-state index contributed by atoms with van der Waals surface area (Å²) in [5.74, 6) is 0.203. The SMILES string of the molecule is CCNC(=O)c1ccc(NC2CCN(c3ccc(F)c(Cl)c3)C2)nc1. The number of nitrogens with one attached hydrogen (secondary N) is 2. The lowest BCUT2D eigenvalue weighted by atomic mass is 10.2. The summed E-state index contributed by atoms with van der Waals surface area (Å²) in [4.78, 5) is 18.2. The van der Waals surface area contributed by atoms with Crippen LogP contribution in [0.5, 0.6) is 0 Å². The minimum atomic E-state index is -0.407. The zero-order chi connectivity index (χ0) is 17.8. The van der Waals surface area contributed by atoms with E-state index in [0.29, 0.717) is 12.1 Å². The van der Waals surface area contributed by atoms with E-state index in [-0.39, 0.29) is 17.0 Å². The van der Waals surface area contributed by atoms with Crippen molar-refractivity contribution < 1.29 is 9.18 Å². The highest BCUT2D eigenvalue weighted by Crippen LogP contribution is 2.26.